The first kappa shape index (κ1) is 17.9. The lowest BCUT2D eigenvalue weighted by Crippen LogP contribution is -2.10. The average Bonchev–Trinajstić information content (AvgIpc) is 2.69. The second kappa shape index (κ2) is 7.29. The van der Waals surface area contributed by atoms with E-state index in [9.17, 15) is 9.90 Å². The molecule has 0 aliphatic rings. The van der Waals surface area contributed by atoms with Gasteiger partial charge in [0, 0.05) is 16.0 Å². The molecule has 1 aromatic heterocycles. The van der Waals surface area contributed by atoms with Crippen molar-refractivity contribution < 1.29 is 14.6 Å². The van der Waals surface area contributed by atoms with E-state index >= 15 is 0 Å². The van der Waals surface area contributed by atoms with Gasteiger partial charge >= 0.3 is 0 Å². The molecule has 3 aromatic carbocycles. The van der Waals surface area contributed by atoms with Gasteiger partial charge < -0.3 is 19.6 Å². The van der Waals surface area contributed by atoms with Crippen LogP contribution in [0.5, 0.6) is 23.0 Å². The molecule has 0 amide bonds. The second-order valence-corrected chi connectivity index (χ2v) is 6.58. The van der Waals surface area contributed by atoms with Gasteiger partial charge in [0.15, 0.2) is 0 Å². The fourth-order valence-electron chi connectivity index (χ4n) is 3.04. The van der Waals surface area contributed by atoms with Crippen LogP contribution in [0.4, 0.5) is 0 Å². The largest absolute Gasteiger partial charge is 0.506 e. The standard InChI is InChI=1S/C22H16ClNO4/c1-27-14-7-9-15(10-8-14)28-19-5-3-2-4-17(19)20-21(25)16-11-6-13(23)12-18(16)24-22(20)26/h2-12H,1H3,(H2,24,25,26). The lowest BCUT2D eigenvalue weighted by molar-refractivity contribution is 0.413. The molecule has 28 heavy (non-hydrogen) atoms. The van der Waals surface area contributed by atoms with Crippen LogP contribution in [0.3, 0.4) is 0 Å². The van der Waals surface area contributed by atoms with Gasteiger partial charge in [-0.15, -0.1) is 0 Å². The third kappa shape index (κ3) is 3.28. The zero-order valence-corrected chi connectivity index (χ0v) is 15.7. The van der Waals surface area contributed by atoms with Gasteiger partial charge in [-0.2, -0.15) is 0 Å². The number of halogens is 1. The van der Waals surface area contributed by atoms with Crippen LogP contribution in [0.1, 0.15) is 0 Å². The van der Waals surface area contributed by atoms with Crippen LogP contribution in [0, 0.1) is 0 Å². The molecule has 0 aliphatic carbocycles. The highest BCUT2D eigenvalue weighted by Gasteiger charge is 2.18. The first-order valence-electron chi connectivity index (χ1n) is 8.52. The van der Waals surface area contributed by atoms with E-state index in [2.05, 4.69) is 4.98 Å². The number of para-hydroxylation sites is 1. The maximum absolute atomic E-state index is 12.7. The maximum atomic E-state index is 12.7. The Bertz CT molecular complexity index is 1220. The van der Waals surface area contributed by atoms with Gasteiger partial charge in [0.1, 0.15) is 23.0 Å². The number of H-pyrrole nitrogens is 1. The molecular weight excluding hydrogens is 378 g/mol. The van der Waals surface area contributed by atoms with E-state index in [1.807, 2.05) is 0 Å². The number of rotatable bonds is 4. The van der Waals surface area contributed by atoms with E-state index in [-0.39, 0.29) is 11.3 Å². The van der Waals surface area contributed by atoms with Crippen LogP contribution >= 0.6 is 11.6 Å². The molecule has 140 valence electrons. The van der Waals surface area contributed by atoms with Crippen molar-refractivity contribution in [3.8, 4) is 34.1 Å². The Morgan fingerprint density at radius 1 is 0.964 bits per heavy atom. The van der Waals surface area contributed by atoms with Crippen molar-refractivity contribution in [3.05, 3.63) is 82.1 Å². The lowest BCUT2D eigenvalue weighted by Gasteiger charge is -2.13. The predicted molar refractivity (Wildman–Crippen MR) is 110 cm³/mol. The number of aromatic nitrogens is 1. The fraction of sp³-hybridized carbons (Fsp3) is 0.0455. The van der Waals surface area contributed by atoms with E-state index in [0.717, 1.165) is 0 Å². The van der Waals surface area contributed by atoms with Crippen molar-refractivity contribution in [2.24, 2.45) is 0 Å². The molecule has 2 N–H and O–H groups in total. The molecule has 4 aromatic rings. The normalized spacial score (nSPS) is 10.8. The molecule has 0 bridgehead atoms. The predicted octanol–water partition coefficient (Wildman–Crippen LogP) is 5.36. The average molecular weight is 394 g/mol. The SMILES string of the molecule is COc1ccc(Oc2ccccc2-c2c(O)c3ccc(Cl)cc3[nH]c2=O)cc1. The topological polar surface area (TPSA) is 71.5 Å². The van der Waals surface area contributed by atoms with Crippen molar-refractivity contribution in [1.82, 2.24) is 4.98 Å². The summed E-state index contributed by atoms with van der Waals surface area (Å²) in [4.78, 5) is 15.5. The van der Waals surface area contributed by atoms with Gasteiger partial charge in [-0.05, 0) is 48.5 Å². The zero-order valence-electron chi connectivity index (χ0n) is 14.9. The number of pyridine rings is 1. The van der Waals surface area contributed by atoms with Crippen LogP contribution in [-0.4, -0.2) is 17.2 Å². The molecule has 1 heterocycles. The van der Waals surface area contributed by atoms with E-state index in [4.69, 9.17) is 21.1 Å². The minimum Gasteiger partial charge on any atom is -0.506 e. The quantitative estimate of drug-likeness (QED) is 0.490. The van der Waals surface area contributed by atoms with Gasteiger partial charge in [0.25, 0.3) is 5.56 Å². The summed E-state index contributed by atoms with van der Waals surface area (Å²) in [6.07, 6.45) is 0. The van der Waals surface area contributed by atoms with Crippen LogP contribution in [-0.2, 0) is 0 Å². The highest BCUT2D eigenvalue weighted by molar-refractivity contribution is 6.31. The second-order valence-electron chi connectivity index (χ2n) is 6.14. The van der Waals surface area contributed by atoms with Gasteiger partial charge in [-0.3, -0.25) is 4.79 Å². The van der Waals surface area contributed by atoms with E-state index in [0.29, 0.717) is 38.7 Å². The van der Waals surface area contributed by atoms with Gasteiger partial charge in [-0.25, -0.2) is 0 Å². The lowest BCUT2D eigenvalue weighted by atomic mass is 10.0. The first-order chi connectivity index (χ1) is 13.6. The Morgan fingerprint density at radius 3 is 2.43 bits per heavy atom. The van der Waals surface area contributed by atoms with Crippen molar-refractivity contribution in [2.45, 2.75) is 0 Å². The van der Waals surface area contributed by atoms with Crippen molar-refractivity contribution in [1.29, 1.82) is 0 Å². The molecule has 5 nitrogen and oxygen atoms in total. The van der Waals surface area contributed by atoms with Crippen LogP contribution in [0.25, 0.3) is 22.0 Å². The van der Waals surface area contributed by atoms with Crippen LogP contribution in [0.2, 0.25) is 5.02 Å². The fourth-order valence-corrected chi connectivity index (χ4v) is 3.21. The molecule has 6 heteroatoms. The van der Waals surface area contributed by atoms with E-state index < -0.39 is 5.56 Å². The number of aromatic hydroxyl groups is 1. The Labute approximate surface area is 165 Å². The monoisotopic (exact) mass is 393 g/mol. The number of nitrogens with one attached hydrogen (secondary N) is 1. The zero-order chi connectivity index (χ0) is 19.7. The van der Waals surface area contributed by atoms with Crippen molar-refractivity contribution >= 4 is 22.5 Å². The molecule has 0 saturated heterocycles. The molecule has 0 saturated carbocycles. The molecule has 0 fully saturated rings. The molecule has 0 spiro atoms. The van der Waals surface area contributed by atoms with Crippen LogP contribution in [0.15, 0.2) is 71.5 Å². The molecule has 0 radical (unpaired) electrons. The number of hydrogen-bond donors (Lipinski definition) is 2. The molecule has 0 unspecified atom stereocenters. The number of ether oxygens (including phenoxy) is 2. The molecule has 4 rings (SSSR count). The minimum absolute atomic E-state index is 0.124. The highest BCUT2D eigenvalue weighted by Crippen LogP contribution is 2.39. The smallest absolute Gasteiger partial charge is 0.260 e. The van der Waals surface area contributed by atoms with Crippen molar-refractivity contribution in [2.75, 3.05) is 7.11 Å². The third-order valence-corrected chi connectivity index (χ3v) is 4.63. The van der Waals surface area contributed by atoms with Crippen molar-refractivity contribution in [3.63, 3.8) is 0 Å². The number of benzene rings is 3. The number of fused-ring (bicyclic) bond motifs is 1. The Balaban J connectivity index is 1.84. The Hall–Kier alpha value is -3.44. The summed E-state index contributed by atoms with van der Waals surface area (Å²) in [6, 6.07) is 19.1. The van der Waals surface area contributed by atoms with Crippen LogP contribution < -0.4 is 15.0 Å². The van der Waals surface area contributed by atoms with Gasteiger partial charge in [-0.1, -0.05) is 29.8 Å². The third-order valence-electron chi connectivity index (χ3n) is 4.39. The number of hydrogen-bond acceptors (Lipinski definition) is 4. The molecular formula is C22H16ClNO4. The summed E-state index contributed by atoms with van der Waals surface area (Å²) in [5.74, 6) is 1.61. The van der Waals surface area contributed by atoms with Gasteiger partial charge in [0.2, 0.25) is 0 Å². The molecule has 0 atom stereocenters. The summed E-state index contributed by atoms with van der Waals surface area (Å²) in [6.45, 7) is 0. The minimum atomic E-state index is -0.432. The summed E-state index contributed by atoms with van der Waals surface area (Å²) < 4.78 is 11.1. The summed E-state index contributed by atoms with van der Waals surface area (Å²) in [7, 11) is 1.59. The number of aromatic amines is 1. The summed E-state index contributed by atoms with van der Waals surface area (Å²) in [5, 5.41) is 11.8. The highest BCUT2D eigenvalue weighted by atomic mass is 35.5. The Kier molecular flexibility index (Phi) is 4.67. The maximum Gasteiger partial charge on any atom is 0.260 e. The first-order valence-corrected chi connectivity index (χ1v) is 8.90. The van der Waals surface area contributed by atoms with E-state index in [1.54, 1.807) is 73.8 Å². The summed E-state index contributed by atoms with van der Waals surface area (Å²) in [5.41, 5.74) is 0.651. The molecule has 0 aliphatic heterocycles. The summed E-state index contributed by atoms with van der Waals surface area (Å²) >= 11 is 5.98. The van der Waals surface area contributed by atoms with E-state index in [1.165, 1.54) is 0 Å². The number of methoxy groups -OCH3 is 1. The van der Waals surface area contributed by atoms with Gasteiger partial charge in [0.05, 0.1) is 18.2 Å². The Morgan fingerprint density at radius 2 is 1.68 bits per heavy atom.